The molecule has 1 aliphatic heterocycles. The molecule has 0 aliphatic carbocycles. The zero-order valence-electron chi connectivity index (χ0n) is 11.7. The summed E-state index contributed by atoms with van der Waals surface area (Å²) in [5.41, 5.74) is 4.38. The molecule has 0 fully saturated rings. The minimum Gasteiger partial charge on any atom is -0.490 e. The molecule has 20 heavy (non-hydrogen) atoms. The van der Waals surface area contributed by atoms with Gasteiger partial charge in [-0.3, -0.25) is 0 Å². The minimum atomic E-state index is -0.630. The van der Waals surface area contributed by atoms with E-state index < -0.39 is 6.10 Å². The lowest BCUT2D eigenvalue weighted by molar-refractivity contribution is 0.0643. The zero-order chi connectivity index (χ0) is 14.1. The Hall–Kier alpha value is -2.00. The Labute approximate surface area is 118 Å². The van der Waals surface area contributed by atoms with Crippen molar-refractivity contribution in [2.45, 2.75) is 20.0 Å². The number of aliphatic hydroxyl groups is 1. The highest BCUT2D eigenvalue weighted by Crippen LogP contribution is 2.41. The first-order chi connectivity index (χ1) is 9.66. The molecule has 0 saturated carbocycles. The fraction of sp³-hybridized carbons (Fsp3) is 0.294. The molecule has 3 nitrogen and oxygen atoms in total. The zero-order valence-corrected chi connectivity index (χ0v) is 11.7. The maximum Gasteiger partial charge on any atom is 0.127 e. The van der Waals surface area contributed by atoms with Gasteiger partial charge < -0.3 is 14.6 Å². The maximum absolute atomic E-state index is 9.88. The van der Waals surface area contributed by atoms with Gasteiger partial charge in [-0.2, -0.15) is 0 Å². The summed E-state index contributed by atoms with van der Waals surface area (Å²) < 4.78 is 11.6. The van der Waals surface area contributed by atoms with E-state index in [0.717, 1.165) is 33.8 Å². The Bertz CT molecular complexity index is 579. The molecule has 0 saturated heterocycles. The van der Waals surface area contributed by atoms with Gasteiger partial charge in [-0.15, -0.1) is 0 Å². The molecule has 3 heteroatoms. The van der Waals surface area contributed by atoms with Crippen molar-refractivity contribution >= 4 is 0 Å². The molecule has 0 radical (unpaired) electrons. The summed E-state index contributed by atoms with van der Waals surface area (Å²) in [6.45, 7) is 4.60. The van der Waals surface area contributed by atoms with Gasteiger partial charge in [0.25, 0.3) is 0 Å². The fourth-order valence-corrected chi connectivity index (χ4v) is 2.58. The molecular weight excluding hydrogens is 252 g/mol. The summed E-state index contributed by atoms with van der Waals surface area (Å²) in [5.74, 6) is 1.59. The third kappa shape index (κ3) is 2.25. The normalized spacial score (nSPS) is 14.9. The Morgan fingerprint density at radius 2 is 1.30 bits per heavy atom. The van der Waals surface area contributed by atoms with Crippen molar-refractivity contribution in [3.63, 3.8) is 0 Å². The van der Waals surface area contributed by atoms with Crippen molar-refractivity contribution in [2.75, 3.05) is 13.2 Å². The topological polar surface area (TPSA) is 38.7 Å². The quantitative estimate of drug-likeness (QED) is 0.799. The molecular formula is C17H18O3. The first-order valence-corrected chi connectivity index (χ1v) is 6.80. The number of hydrogen-bond acceptors (Lipinski definition) is 3. The van der Waals surface area contributed by atoms with E-state index in [0.29, 0.717) is 0 Å². The van der Waals surface area contributed by atoms with Gasteiger partial charge in [-0.05, 0) is 37.1 Å². The van der Waals surface area contributed by atoms with E-state index in [1.54, 1.807) is 0 Å². The smallest absolute Gasteiger partial charge is 0.127 e. The largest absolute Gasteiger partial charge is 0.490 e. The number of ether oxygens (including phenoxy) is 2. The molecule has 1 N–H and O–H groups in total. The second-order valence-electron chi connectivity index (χ2n) is 5.17. The Morgan fingerprint density at radius 3 is 1.75 bits per heavy atom. The summed E-state index contributed by atoms with van der Waals surface area (Å²) in [7, 11) is 0. The van der Waals surface area contributed by atoms with Gasteiger partial charge in [0.15, 0.2) is 0 Å². The monoisotopic (exact) mass is 270 g/mol. The van der Waals surface area contributed by atoms with E-state index in [9.17, 15) is 5.11 Å². The average Bonchev–Trinajstić information content (AvgIpc) is 2.50. The molecule has 0 atom stereocenters. The molecule has 0 bridgehead atoms. The predicted molar refractivity (Wildman–Crippen MR) is 78.3 cm³/mol. The van der Waals surface area contributed by atoms with Crippen LogP contribution in [0, 0.1) is 13.8 Å². The van der Waals surface area contributed by atoms with Crippen molar-refractivity contribution < 1.29 is 14.6 Å². The van der Waals surface area contributed by atoms with Crippen LogP contribution < -0.4 is 9.47 Å². The lowest BCUT2D eigenvalue weighted by Crippen LogP contribution is -2.24. The Morgan fingerprint density at radius 1 is 0.850 bits per heavy atom. The second-order valence-corrected chi connectivity index (χ2v) is 5.17. The van der Waals surface area contributed by atoms with Gasteiger partial charge in [-0.25, -0.2) is 0 Å². The minimum absolute atomic E-state index is 0.240. The number of rotatable bonds is 0. The molecule has 0 unspecified atom stereocenters. The molecule has 2 aromatic rings. The van der Waals surface area contributed by atoms with Crippen LogP contribution in [0.2, 0.25) is 0 Å². The van der Waals surface area contributed by atoms with Crippen LogP contribution in [0.15, 0.2) is 36.4 Å². The number of aliphatic hydroxyl groups excluding tert-OH is 1. The first-order valence-electron chi connectivity index (χ1n) is 6.80. The highest BCUT2D eigenvalue weighted by molar-refractivity contribution is 5.81. The fourth-order valence-electron chi connectivity index (χ4n) is 2.58. The number of hydrogen-bond donors (Lipinski definition) is 1. The van der Waals surface area contributed by atoms with Gasteiger partial charge >= 0.3 is 0 Å². The van der Waals surface area contributed by atoms with Gasteiger partial charge in [-0.1, -0.05) is 24.3 Å². The van der Waals surface area contributed by atoms with Crippen LogP contribution in [0.1, 0.15) is 11.1 Å². The number of benzene rings is 2. The van der Waals surface area contributed by atoms with Crippen LogP contribution in [-0.4, -0.2) is 24.4 Å². The molecule has 0 amide bonds. The molecule has 104 valence electrons. The Balaban J connectivity index is 2.27. The third-order valence-corrected chi connectivity index (χ3v) is 3.58. The number of fused-ring (bicyclic) bond motifs is 3. The number of aryl methyl sites for hydroxylation is 2. The molecule has 1 heterocycles. The van der Waals surface area contributed by atoms with Gasteiger partial charge in [0.1, 0.15) is 30.8 Å². The van der Waals surface area contributed by atoms with Crippen LogP contribution >= 0.6 is 0 Å². The van der Waals surface area contributed by atoms with Crippen molar-refractivity contribution in [1.29, 1.82) is 0 Å². The highest BCUT2D eigenvalue weighted by atomic mass is 16.5. The predicted octanol–water partition coefficient (Wildman–Crippen LogP) is 3.10. The van der Waals surface area contributed by atoms with Crippen molar-refractivity contribution in [2.24, 2.45) is 0 Å². The molecule has 3 rings (SSSR count). The van der Waals surface area contributed by atoms with E-state index in [2.05, 4.69) is 26.0 Å². The summed E-state index contributed by atoms with van der Waals surface area (Å²) in [6.07, 6.45) is -0.630. The van der Waals surface area contributed by atoms with E-state index >= 15 is 0 Å². The van der Waals surface area contributed by atoms with Gasteiger partial charge in [0.05, 0.1) is 0 Å². The van der Waals surface area contributed by atoms with Crippen LogP contribution in [-0.2, 0) is 0 Å². The lowest BCUT2D eigenvalue weighted by Gasteiger charge is -2.16. The molecule has 2 aromatic carbocycles. The van der Waals surface area contributed by atoms with E-state index in [1.165, 1.54) is 0 Å². The maximum atomic E-state index is 9.88. The lowest BCUT2D eigenvalue weighted by atomic mass is 9.95. The van der Waals surface area contributed by atoms with E-state index in [1.807, 2.05) is 24.3 Å². The molecule has 0 aromatic heterocycles. The Kier molecular flexibility index (Phi) is 3.36. The average molecular weight is 270 g/mol. The summed E-state index contributed by atoms with van der Waals surface area (Å²) in [4.78, 5) is 0. The van der Waals surface area contributed by atoms with Crippen molar-refractivity contribution in [1.82, 2.24) is 0 Å². The van der Waals surface area contributed by atoms with Crippen LogP contribution in [0.25, 0.3) is 11.1 Å². The summed E-state index contributed by atoms with van der Waals surface area (Å²) >= 11 is 0. The standard InChI is InChI=1S/C17H18O3/c1-11-5-3-7-14-16(11)17-12(2)6-4-8-15(17)20-10-13(18)9-19-14/h3-8,13,18H,9-10H2,1-2H3. The first kappa shape index (κ1) is 13.0. The van der Waals surface area contributed by atoms with Crippen molar-refractivity contribution in [3.8, 4) is 22.6 Å². The van der Waals surface area contributed by atoms with Crippen LogP contribution in [0.3, 0.4) is 0 Å². The SMILES string of the molecule is Cc1cccc2c1-c1c(C)cccc1OCC(O)CO2. The van der Waals surface area contributed by atoms with E-state index in [-0.39, 0.29) is 13.2 Å². The summed E-state index contributed by atoms with van der Waals surface area (Å²) in [6, 6.07) is 11.9. The van der Waals surface area contributed by atoms with Gasteiger partial charge in [0.2, 0.25) is 0 Å². The second kappa shape index (κ2) is 5.17. The van der Waals surface area contributed by atoms with Crippen LogP contribution in [0.4, 0.5) is 0 Å². The van der Waals surface area contributed by atoms with Crippen LogP contribution in [0.5, 0.6) is 11.5 Å². The van der Waals surface area contributed by atoms with Crippen molar-refractivity contribution in [3.05, 3.63) is 47.5 Å². The molecule has 0 spiro atoms. The molecule has 1 aliphatic rings. The summed E-state index contributed by atoms with van der Waals surface area (Å²) in [5, 5.41) is 9.88. The highest BCUT2D eigenvalue weighted by Gasteiger charge is 2.20. The third-order valence-electron chi connectivity index (χ3n) is 3.58. The van der Waals surface area contributed by atoms with Gasteiger partial charge in [0, 0.05) is 11.1 Å². The van der Waals surface area contributed by atoms with E-state index in [4.69, 9.17) is 9.47 Å².